The molecule has 24 heteroatoms. The van der Waals surface area contributed by atoms with Gasteiger partial charge in [0.25, 0.3) is 0 Å². The van der Waals surface area contributed by atoms with Crippen molar-refractivity contribution in [3.63, 3.8) is 0 Å². The van der Waals surface area contributed by atoms with Crippen LogP contribution >= 0.6 is 62.7 Å². The molecule has 7 aliphatic heterocycles. The van der Waals surface area contributed by atoms with E-state index in [0.29, 0.717) is 58.1 Å². The molecule has 89 heavy (non-hydrogen) atoms. The van der Waals surface area contributed by atoms with Crippen LogP contribution in [0.3, 0.4) is 0 Å². The zero-order chi connectivity index (χ0) is 62.1. The number of hydrogen-bond acceptors (Lipinski definition) is 20. The highest BCUT2D eigenvalue weighted by Crippen LogP contribution is 2.55. The summed E-state index contributed by atoms with van der Waals surface area (Å²) in [6, 6.07) is 23.9. The molecule has 0 radical (unpaired) electrons. The number of aliphatic imine (C=N–C) groups is 2. The van der Waals surface area contributed by atoms with Gasteiger partial charge >= 0.3 is 7.12 Å². The smallest absolute Gasteiger partial charge is 0.492 e. The number of thioether (sulfide) groups is 2. The molecule has 2 atom stereocenters. The third kappa shape index (κ3) is 12.9. The van der Waals surface area contributed by atoms with Crippen molar-refractivity contribution in [3.8, 4) is 34.5 Å². The Labute approximate surface area is 543 Å². The number of pyridine rings is 6. The largest absolute Gasteiger partial charge is 0.495 e. The number of aromatic nitrogens is 6. The summed E-state index contributed by atoms with van der Waals surface area (Å²) >= 11 is 18.6. The van der Waals surface area contributed by atoms with Crippen LogP contribution in [0.5, 0.6) is 34.5 Å². The number of fused-ring (bicyclic) bond motifs is 10. The lowest BCUT2D eigenvalue weighted by atomic mass is 9.77. The molecule has 4 N–H and O–H groups in total. The molecule has 0 amide bonds. The van der Waals surface area contributed by atoms with Gasteiger partial charge in [0.05, 0.1) is 93.5 Å². The number of rotatable bonds is 6. The second-order valence-corrected chi connectivity index (χ2v) is 26.6. The van der Waals surface area contributed by atoms with Gasteiger partial charge in [-0.05, 0) is 137 Å². The number of amidine groups is 2. The molecule has 15 rings (SSSR count). The molecular weight excluding hydrogens is 1270 g/mol. The van der Waals surface area contributed by atoms with E-state index in [-0.39, 0.29) is 18.3 Å². The van der Waals surface area contributed by atoms with E-state index in [9.17, 15) is 0 Å². The summed E-state index contributed by atoms with van der Waals surface area (Å²) in [6.45, 7) is 11.0. The van der Waals surface area contributed by atoms with Crippen molar-refractivity contribution < 1.29 is 37.7 Å². The van der Waals surface area contributed by atoms with Gasteiger partial charge in [-0.3, -0.25) is 15.0 Å². The molecule has 8 aromatic rings. The molecular formula is C65H64BBrCl2N10O8S2. The average Bonchev–Trinajstić information content (AvgIpc) is 1.45. The van der Waals surface area contributed by atoms with E-state index in [1.165, 1.54) is 5.57 Å². The average molecular weight is 1340 g/mol. The SMILES string of the molecule is CC1(C)OB(C2=CCCOC2)OC1(C)C.COc1cnc2c(Cc3ccc4c(c3)[C@@]3(CCSC(N)=N3)c3cc(C5=CCOCC5)ncc3O4)nccc2c1.COc1cnc2c(Cl)nccc2c1.NC1=N[C@@]2(CCS1)c1cc(Br)ccc1Oc1cnc(Cl)cc12. The van der Waals surface area contributed by atoms with Crippen LogP contribution in [0.4, 0.5) is 0 Å². The van der Waals surface area contributed by atoms with E-state index < -0.39 is 11.1 Å². The number of ether oxygens (including phenoxy) is 6. The van der Waals surface area contributed by atoms with Crippen LogP contribution in [0, 0.1) is 0 Å². The van der Waals surface area contributed by atoms with Gasteiger partial charge in [-0.25, -0.2) is 24.9 Å². The van der Waals surface area contributed by atoms with Crippen molar-refractivity contribution in [2.45, 2.75) is 82.1 Å². The quantitative estimate of drug-likeness (QED) is 0.116. The number of nitrogens with zero attached hydrogens (tertiary/aromatic N) is 8. The Morgan fingerprint density at radius 1 is 0.629 bits per heavy atom. The van der Waals surface area contributed by atoms with E-state index in [1.807, 2.05) is 67.0 Å². The Bertz CT molecular complexity index is 4100. The van der Waals surface area contributed by atoms with Crippen LogP contribution in [0.1, 0.15) is 92.6 Å². The van der Waals surface area contributed by atoms with Gasteiger partial charge in [-0.15, -0.1) is 0 Å². The second-order valence-electron chi connectivity index (χ2n) is 22.8. The number of halogens is 3. The van der Waals surface area contributed by atoms with E-state index in [4.69, 9.17) is 87.4 Å². The first-order chi connectivity index (χ1) is 42.9. The van der Waals surface area contributed by atoms with Gasteiger partial charge in [-0.1, -0.05) is 80.9 Å². The van der Waals surface area contributed by atoms with Crippen LogP contribution in [0.15, 0.2) is 142 Å². The fourth-order valence-electron chi connectivity index (χ4n) is 11.5. The van der Waals surface area contributed by atoms with Crippen LogP contribution in [-0.2, 0) is 36.3 Å². The summed E-state index contributed by atoms with van der Waals surface area (Å²) in [7, 11) is 3.02. The molecule has 13 heterocycles. The maximum absolute atomic E-state index is 6.42. The molecule has 2 aromatic carbocycles. The van der Waals surface area contributed by atoms with Crippen molar-refractivity contribution >= 4 is 107 Å². The van der Waals surface area contributed by atoms with Crippen molar-refractivity contribution in [1.82, 2.24) is 29.9 Å². The minimum absolute atomic E-state index is 0.227. The van der Waals surface area contributed by atoms with E-state index >= 15 is 0 Å². The van der Waals surface area contributed by atoms with Crippen molar-refractivity contribution in [3.05, 3.63) is 182 Å². The molecule has 458 valence electrons. The van der Waals surface area contributed by atoms with Gasteiger partial charge in [0.15, 0.2) is 27.0 Å². The molecule has 0 saturated carbocycles. The highest BCUT2D eigenvalue weighted by atomic mass is 79.9. The maximum Gasteiger partial charge on any atom is 0.492 e. The van der Waals surface area contributed by atoms with Crippen LogP contribution in [0.25, 0.3) is 27.4 Å². The number of nitrogens with two attached hydrogens (primary N) is 2. The third-order valence-corrected chi connectivity index (χ3v) is 19.3. The fourth-order valence-corrected chi connectivity index (χ4v) is 13.9. The van der Waals surface area contributed by atoms with Crippen LogP contribution in [-0.4, -0.2) is 111 Å². The Morgan fingerprint density at radius 2 is 1.24 bits per heavy atom. The number of benzene rings is 2. The Morgan fingerprint density at radius 3 is 1.87 bits per heavy atom. The predicted molar refractivity (Wildman–Crippen MR) is 356 cm³/mol. The Balaban J connectivity index is 0.000000129. The highest BCUT2D eigenvalue weighted by Gasteiger charge is 2.53. The lowest BCUT2D eigenvalue weighted by molar-refractivity contribution is 0.00578. The normalized spacial score (nSPS) is 20.8. The van der Waals surface area contributed by atoms with Gasteiger partial charge < -0.3 is 49.2 Å². The first kappa shape index (κ1) is 62.3. The summed E-state index contributed by atoms with van der Waals surface area (Å²) in [5, 5.41) is 3.93. The lowest BCUT2D eigenvalue weighted by Crippen LogP contribution is -2.41. The molecule has 6 aromatic heterocycles. The second kappa shape index (κ2) is 26.2. The first-order valence-electron chi connectivity index (χ1n) is 29.0. The number of methoxy groups -OCH3 is 2. The molecule has 7 aliphatic rings. The predicted octanol–water partition coefficient (Wildman–Crippen LogP) is 13.8. The Kier molecular flexibility index (Phi) is 18.3. The standard InChI is InChI=1S/C30H27N5O3S.C15H11BrClN3OS.C11H19BO3.C9H7ClN2O/c1-36-21-14-20-4-8-32-25(28(20)34-16-21)13-18-2-3-26-22(12-18)30(7-11-39-29(31)35-30)23-15-24(33-17-27(23)38-26)19-5-9-37-10-6-19;16-8-1-2-11-9(5-8)15(3-4-22-14(18)20-15)10-6-13(17)19-7-12(10)21-11;1-10(2)11(3,4)15-12(14-10)9-6-5-7-13-8-9;1-13-7-4-6-2-3-11-9(10)8(6)12-5-7/h2-5,8,12,14-17H,6-7,9-11,13H2,1H3,(H2,31,35);1-2,5-7H,3-4H2,(H2,18,20);6H,5,7-8H2,1-4H3;2-5H,1H3/t30-;15-;;/m00../s1. The van der Waals surface area contributed by atoms with Crippen molar-refractivity contribution in [2.24, 2.45) is 21.5 Å². The topological polar surface area (TPSA) is 228 Å². The zero-order valence-corrected chi connectivity index (χ0v) is 54.6. The Hall–Kier alpha value is -6.86. The summed E-state index contributed by atoms with van der Waals surface area (Å²) in [5.74, 6) is 6.17. The summed E-state index contributed by atoms with van der Waals surface area (Å²) in [4.78, 5) is 36.2. The fraction of sp³-hybridized carbons (Fsp3) is 0.323. The van der Waals surface area contributed by atoms with Crippen molar-refractivity contribution in [1.29, 1.82) is 0 Å². The van der Waals surface area contributed by atoms with Crippen molar-refractivity contribution in [2.75, 3.05) is 52.2 Å². The zero-order valence-electron chi connectivity index (χ0n) is 49.9. The summed E-state index contributed by atoms with van der Waals surface area (Å²) in [6.07, 6.45) is 18.6. The molecule has 0 aliphatic carbocycles. The molecule has 0 unspecified atom stereocenters. The van der Waals surface area contributed by atoms with Crippen LogP contribution in [0.2, 0.25) is 10.3 Å². The number of hydrogen-bond donors (Lipinski definition) is 2. The van der Waals surface area contributed by atoms with Crippen LogP contribution < -0.4 is 30.4 Å². The first-order valence-corrected chi connectivity index (χ1v) is 32.5. The van der Waals surface area contributed by atoms with Gasteiger partial charge in [0.2, 0.25) is 0 Å². The monoisotopic (exact) mass is 1340 g/mol. The minimum atomic E-state index is -0.643. The molecule has 18 nitrogen and oxygen atoms in total. The summed E-state index contributed by atoms with van der Waals surface area (Å²) < 4.78 is 46.6. The maximum atomic E-state index is 6.42. The van der Waals surface area contributed by atoms with Gasteiger partial charge in [-0.2, -0.15) is 0 Å². The highest BCUT2D eigenvalue weighted by molar-refractivity contribution is 9.10. The summed E-state index contributed by atoms with van der Waals surface area (Å²) in [5.41, 5.74) is 21.5. The van der Waals surface area contributed by atoms with Gasteiger partial charge in [0.1, 0.15) is 44.7 Å². The van der Waals surface area contributed by atoms with E-state index in [1.54, 1.807) is 62.5 Å². The van der Waals surface area contributed by atoms with Gasteiger partial charge in [0, 0.05) is 67.8 Å². The third-order valence-electron chi connectivity index (χ3n) is 16.7. The molecule has 1 fully saturated rings. The molecule has 0 bridgehead atoms. The van der Waals surface area contributed by atoms with E-state index in [0.717, 1.165) is 138 Å². The molecule has 2 spiro atoms. The molecule has 1 saturated heterocycles. The minimum Gasteiger partial charge on any atom is -0.495 e. The lowest BCUT2D eigenvalue weighted by Gasteiger charge is -2.39. The van der Waals surface area contributed by atoms with E-state index in [2.05, 4.69) is 98.9 Å².